The van der Waals surface area contributed by atoms with E-state index >= 15 is 0 Å². The lowest BCUT2D eigenvalue weighted by atomic mass is 10.0. The number of benzene rings is 1. The van der Waals surface area contributed by atoms with Gasteiger partial charge in [-0.15, -0.1) is 0 Å². The maximum atomic E-state index is 12.9. The molecule has 4 N–H and O–H groups in total. The number of rotatable bonds is 9. The van der Waals surface area contributed by atoms with Crippen LogP contribution in [-0.2, 0) is 23.9 Å². The third-order valence-corrected chi connectivity index (χ3v) is 4.18. The zero-order valence-electron chi connectivity index (χ0n) is 18.9. The predicted octanol–water partition coefficient (Wildman–Crippen LogP) is 0.377. The number of ether oxygens (including phenoxy) is 2. The standard InChI is InChI=1S/C21H31N3O8/c1-13-10-14(6-7-15(13)26)18(19(29)22-12-17(28)31-5)24(8-9-25)16(27)11-23-20(30)32-21(2,3)4/h6-7,10,18,25-26H,8-9,11-12H2,1-5H3,(H,22,29)(H,23,30). The summed E-state index contributed by atoms with van der Waals surface area (Å²) in [5.41, 5.74) is 0.0240. The second kappa shape index (κ2) is 11.9. The molecule has 3 amide bonds. The van der Waals surface area contributed by atoms with Crippen LogP contribution in [0.2, 0.25) is 0 Å². The summed E-state index contributed by atoms with van der Waals surface area (Å²) in [6.45, 7) is 5.00. The molecule has 0 aliphatic heterocycles. The molecule has 0 aliphatic carbocycles. The van der Waals surface area contributed by atoms with Gasteiger partial charge in [0.05, 0.1) is 13.7 Å². The smallest absolute Gasteiger partial charge is 0.408 e. The summed E-state index contributed by atoms with van der Waals surface area (Å²) in [5.74, 6) is -2.08. The van der Waals surface area contributed by atoms with Gasteiger partial charge in [-0.05, 0) is 51.0 Å². The molecule has 0 saturated carbocycles. The number of nitrogens with zero attached hydrogens (tertiary/aromatic N) is 1. The van der Waals surface area contributed by atoms with E-state index in [2.05, 4.69) is 15.4 Å². The molecule has 0 saturated heterocycles. The quantitative estimate of drug-likeness (QED) is 0.391. The van der Waals surface area contributed by atoms with Crippen molar-refractivity contribution in [3.8, 4) is 5.75 Å². The Morgan fingerprint density at radius 3 is 2.31 bits per heavy atom. The Morgan fingerprint density at radius 2 is 1.78 bits per heavy atom. The van der Waals surface area contributed by atoms with E-state index in [1.165, 1.54) is 25.3 Å². The lowest BCUT2D eigenvalue weighted by molar-refractivity contribution is -0.144. The van der Waals surface area contributed by atoms with Crippen molar-refractivity contribution in [1.82, 2.24) is 15.5 Å². The number of aryl methyl sites for hydroxylation is 1. The maximum absolute atomic E-state index is 12.9. The first-order valence-corrected chi connectivity index (χ1v) is 9.90. The average Bonchev–Trinajstić information content (AvgIpc) is 2.71. The number of aliphatic hydroxyl groups excluding tert-OH is 1. The van der Waals surface area contributed by atoms with Gasteiger partial charge in [0.15, 0.2) is 0 Å². The van der Waals surface area contributed by atoms with Crippen LogP contribution in [0.15, 0.2) is 18.2 Å². The number of alkyl carbamates (subject to hydrolysis) is 1. The molecule has 32 heavy (non-hydrogen) atoms. The van der Waals surface area contributed by atoms with Gasteiger partial charge in [-0.1, -0.05) is 6.07 Å². The Labute approximate surface area is 186 Å². The molecule has 11 heteroatoms. The van der Waals surface area contributed by atoms with Crippen molar-refractivity contribution in [2.24, 2.45) is 0 Å². The molecule has 1 aromatic carbocycles. The number of nitrogens with one attached hydrogen (secondary N) is 2. The highest BCUT2D eigenvalue weighted by molar-refractivity contribution is 5.92. The van der Waals surface area contributed by atoms with Gasteiger partial charge in [0.2, 0.25) is 11.8 Å². The zero-order valence-corrected chi connectivity index (χ0v) is 18.9. The van der Waals surface area contributed by atoms with Crippen LogP contribution in [0.5, 0.6) is 5.75 Å². The van der Waals surface area contributed by atoms with Crippen molar-refractivity contribution < 1.29 is 38.9 Å². The molecule has 0 radical (unpaired) electrons. The molecular weight excluding hydrogens is 422 g/mol. The van der Waals surface area contributed by atoms with Crippen molar-refractivity contribution in [2.45, 2.75) is 39.3 Å². The fraction of sp³-hybridized carbons (Fsp3) is 0.524. The van der Waals surface area contributed by atoms with Crippen LogP contribution in [0.4, 0.5) is 4.79 Å². The second-order valence-corrected chi connectivity index (χ2v) is 7.91. The summed E-state index contributed by atoms with van der Waals surface area (Å²) in [4.78, 5) is 50.2. The fourth-order valence-corrected chi connectivity index (χ4v) is 2.72. The van der Waals surface area contributed by atoms with Crippen LogP contribution in [0.1, 0.15) is 37.9 Å². The lowest BCUT2D eigenvalue weighted by Gasteiger charge is -2.31. The highest BCUT2D eigenvalue weighted by atomic mass is 16.6. The summed E-state index contributed by atoms with van der Waals surface area (Å²) < 4.78 is 9.61. The minimum absolute atomic E-state index is 0.00547. The van der Waals surface area contributed by atoms with E-state index in [1.54, 1.807) is 27.7 Å². The van der Waals surface area contributed by atoms with E-state index < -0.39 is 55.2 Å². The topological polar surface area (TPSA) is 154 Å². The van der Waals surface area contributed by atoms with Crippen LogP contribution in [0.25, 0.3) is 0 Å². The van der Waals surface area contributed by atoms with Gasteiger partial charge >= 0.3 is 12.1 Å². The summed E-state index contributed by atoms with van der Waals surface area (Å²) in [6, 6.07) is 3.07. The highest BCUT2D eigenvalue weighted by Gasteiger charge is 2.32. The number of aromatic hydroxyl groups is 1. The van der Waals surface area contributed by atoms with Crippen LogP contribution >= 0.6 is 0 Å². The van der Waals surface area contributed by atoms with Gasteiger partial charge in [-0.2, -0.15) is 0 Å². The number of phenols is 1. The molecule has 0 spiro atoms. The molecule has 1 aromatic rings. The number of hydrogen-bond acceptors (Lipinski definition) is 8. The number of methoxy groups -OCH3 is 1. The fourth-order valence-electron chi connectivity index (χ4n) is 2.72. The maximum Gasteiger partial charge on any atom is 0.408 e. The van der Waals surface area contributed by atoms with E-state index in [1.807, 2.05) is 0 Å². The number of phenolic OH excluding ortho intramolecular Hbond substituents is 1. The predicted molar refractivity (Wildman–Crippen MR) is 114 cm³/mol. The Hall–Kier alpha value is -3.34. The first-order valence-electron chi connectivity index (χ1n) is 9.90. The molecule has 0 aromatic heterocycles. The Bertz CT molecular complexity index is 835. The summed E-state index contributed by atoms with van der Waals surface area (Å²) in [6.07, 6.45) is -0.818. The van der Waals surface area contributed by atoms with Crippen LogP contribution in [0.3, 0.4) is 0 Å². The average molecular weight is 453 g/mol. The van der Waals surface area contributed by atoms with Crippen molar-refractivity contribution in [3.05, 3.63) is 29.3 Å². The minimum Gasteiger partial charge on any atom is -0.508 e. The van der Waals surface area contributed by atoms with E-state index in [4.69, 9.17) is 4.74 Å². The number of aliphatic hydroxyl groups is 1. The molecule has 0 heterocycles. The second-order valence-electron chi connectivity index (χ2n) is 7.91. The van der Waals surface area contributed by atoms with Crippen molar-refractivity contribution in [2.75, 3.05) is 33.4 Å². The first-order chi connectivity index (χ1) is 14.9. The van der Waals surface area contributed by atoms with E-state index in [0.717, 1.165) is 4.90 Å². The van der Waals surface area contributed by atoms with Crippen LogP contribution < -0.4 is 10.6 Å². The number of hydrogen-bond donors (Lipinski definition) is 4. The van der Waals surface area contributed by atoms with Gasteiger partial charge in [-0.25, -0.2) is 4.79 Å². The molecule has 0 fully saturated rings. The molecule has 1 unspecified atom stereocenters. The number of esters is 1. The van der Waals surface area contributed by atoms with Gasteiger partial charge in [-0.3, -0.25) is 14.4 Å². The van der Waals surface area contributed by atoms with E-state index in [9.17, 15) is 29.4 Å². The van der Waals surface area contributed by atoms with Crippen LogP contribution in [0, 0.1) is 6.92 Å². The SMILES string of the molecule is COC(=O)CNC(=O)C(c1ccc(O)c(C)c1)N(CCO)C(=O)CNC(=O)OC(C)(C)C. The monoisotopic (exact) mass is 453 g/mol. The molecular formula is C21H31N3O8. The van der Waals surface area contributed by atoms with Gasteiger partial charge in [0, 0.05) is 6.54 Å². The Balaban J connectivity index is 3.17. The summed E-state index contributed by atoms with van der Waals surface area (Å²) in [5, 5.41) is 24.0. The van der Waals surface area contributed by atoms with Gasteiger partial charge in [0.25, 0.3) is 0 Å². The van der Waals surface area contributed by atoms with Crippen molar-refractivity contribution >= 4 is 23.9 Å². The summed E-state index contributed by atoms with van der Waals surface area (Å²) in [7, 11) is 1.17. The normalized spacial score (nSPS) is 11.8. The van der Waals surface area contributed by atoms with Crippen molar-refractivity contribution in [1.29, 1.82) is 0 Å². The molecule has 1 atom stereocenters. The third kappa shape index (κ3) is 8.42. The number of carbonyl (C=O) groups is 4. The van der Waals surface area contributed by atoms with Gasteiger partial charge in [0.1, 0.15) is 30.5 Å². The van der Waals surface area contributed by atoms with E-state index in [-0.39, 0.29) is 12.3 Å². The first kappa shape index (κ1) is 26.7. The molecule has 0 bridgehead atoms. The lowest BCUT2D eigenvalue weighted by Crippen LogP contribution is -2.49. The molecule has 11 nitrogen and oxygen atoms in total. The minimum atomic E-state index is -1.25. The van der Waals surface area contributed by atoms with Crippen LogP contribution in [-0.4, -0.2) is 77.9 Å². The van der Waals surface area contributed by atoms with Crippen molar-refractivity contribution in [3.63, 3.8) is 0 Å². The Kier molecular flexibility index (Phi) is 9.92. The summed E-state index contributed by atoms with van der Waals surface area (Å²) >= 11 is 0. The molecule has 0 aliphatic rings. The number of carbonyl (C=O) groups excluding carboxylic acids is 4. The third-order valence-electron chi connectivity index (χ3n) is 4.18. The Morgan fingerprint density at radius 1 is 1.12 bits per heavy atom. The largest absolute Gasteiger partial charge is 0.508 e. The number of amides is 3. The van der Waals surface area contributed by atoms with E-state index in [0.29, 0.717) is 11.1 Å². The molecule has 1 rings (SSSR count). The highest BCUT2D eigenvalue weighted by Crippen LogP contribution is 2.26. The van der Waals surface area contributed by atoms with Gasteiger partial charge < -0.3 is 35.2 Å². The molecule has 178 valence electrons. The zero-order chi connectivity index (χ0) is 24.5.